The number of benzene rings is 1. The molecule has 112 valence electrons. The van der Waals surface area contributed by atoms with Gasteiger partial charge in [0.15, 0.2) is 5.96 Å². The summed E-state index contributed by atoms with van der Waals surface area (Å²) < 4.78 is 35.8. The van der Waals surface area contributed by atoms with Crippen LogP contribution in [0.1, 0.15) is 31.7 Å². The maximum Gasteiger partial charge on any atom is 0.389 e. The summed E-state index contributed by atoms with van der Waals surface area (Å²) in [6.45, 7) is 2.35. The van der Waals surface area contributed by atoms with Crippen LogP contribution >= 0.6 is 0 Å². The number of rotatable bonds is 6. The highest BCUT2D eigenvalue weighted by atomic mass is 19.4. The van der Waals surface area contributed by atoms with Gasteiger partial charge in [-0.05, 0) is 37.0 Å². The normalized spacial score (nSPS) is 12.5. The molecule has 0 saturated heterocycles. The molecule has 0 radical (unpaired) electrons. The average molecular weight is 287 g/mol. The summed E-state index contributed by atoms with van der Waals surface area (Å²) in [6.07, 6.45) is -3.49. The molecule has 0 aliphatic rings. The Labute approximate surface area is 117 Å². The van der Waals surface area contributed by atoms with E-state index in [1.54, 1.807) is 0 Å². The molecule has 0 spiro atoms. The highest BCUT2D eigenvalue weighted by Crippen LogP contribution is 2.22. The SMILES string of the molecule is CCc1cccc(NC(N)=NCCCCC(F)(F)F)c1. The molecule has 20 heavy (non-hydrogen) atoms. The second-order valence-corrected chi connectivity index (χ2v) is 4.52. The van der Waals surface area contributed by atoms with Gasteiger partial charge in [0.2, 0.25) is 0 Å². The molecule has 1 aromatic carbocycles. The van der Waals surface area contributed by atoms with Crippen molar-refractivity contribution in [3.8, 4) is 0 Å². The van der Waals surface area contributed by atoms with Gasteiger partial charge in [-0.15, -0.1) is 0 Å². The van der Waals surface area contributed by atoms with Crippen LogP contribution in [0.2, 0.25) is 0 Å². The number of hydrogen-bond acceptors (Lipinski definition) is 1. The minimum Gasteiger partial charge on any atom is -0.370 e. The smallest absolute Gasteiger partial charge is 0.370 e. The first-order chi connectivity index (χ1) is 9.40. The number of nitrogens with one attached hydrogen (secondary N) is 1. The Bertz CT molecular complexity index is 442. The van der Waals surface area contributed by atoms with Crippen molar-refractivity contribution in [2.45, 2.75) is 38.8 Å². The minimum atomic E-state index is -4.09. The maximum absolute atomic E-state index is 11.9. The van der Waals surface area contributed by atoms with E-state index in [2.05, 4.69) is 17.2 Å². The van der Waals surface area contributed by atoms with E-state index in [9.17, 15) is 13.2 Å². The zero-order valence-electron chi connectivity index (χ0n) is 11.5. The van der Waals surface area contributed by atoms with Gasteiger partial charge in [0.05, 0.1) is 0 Å². The van der Waals surface area contributed by atoms with E-state index in [0.29, 0.717) is 13.0 Å². The molecule has 0 saturated carbocycles. The molecule has 0 fully saturated rings. The Balaban J connectivity index is 2.34. The van der Waals surface area contributed by atoms with Crippen LogP contribution in [0.15, 0.2) is 29.3 Å². The first kappa shape index (κ1) is 16.3. The van der Waals surface area contributed by atoms with Gasteiger partial charge in [0.1, 0.15) is 0 Å². The van der Waals surface area contributed by atoms with E-state index >= 15 is 0 Å². The monoisotopic (exact) mass is 287 g/mol. The molecule has 0 atom stereocenters. The first-order valence-electron chi connectivity index (χ1n) is 6.63. The third-order valence-electron chi connectivity index (χ3n) is 2.76. The van der Waals surface area contributed by atoms with Crippen LogP contribution in [-0.4, -0.2) is 18.7 Å². The van der Waals surface area contributed by atoms with Crippen LogP contribution in [0.25, 0.3) is 0 Å². The summed E-state index contributed by atoms with van der Waals surface area (Å²) >= 11 is 0. The Morgan fingerprint density at radius 1 is 1.30 bits per heavy atom. The van der Waals surface area contributed by atoms with Crippen LogP contribution in [0.3, 0.4) is 0 Å². The van der Waals surface area contributed by atoms with Crippen molar-refractivity contribution < 1.29 is 13.2 Å². The predicted octanol–water partition coefficient (Wildman–Crippen LogP) is 3.71. The number of guanidine groups is 1. The van der Waals surface area contributed by atoms with Crippen LogP contribution in [0.5, 0.6) is 0 Å². The summed E-state index contributed by atoms with van der Waals surface area (Å²) in [5.74, 6) is 0.227. The van der Waals surface area contributed by atoms with Crippen molar-refractivity contribution in [2.75, 3.05) is 11.9 Å². The average Bonchev–Trinajstić information content (AvgIpc) is 2.37. The number of aryl methyl sites for hydroxylation is 1. The highest BCUT2D eigenvalue weighted by molar-refractivity contribution is 5.92. The topological polar surface area (TPSA) is 50.4 Å². The summed E-state index contributed by atoms with van der Waals surface area (Å²) in [4.78, 5) is 4.01. The van der Waals surface area contributed by atoms with E-state index in [-0.39, 0.29) is 12.4 Å². The van der Waals surface area contributed by atoms with Gasteiger partial charge in [-0.2, -0.15) is 13.2 Å². The van der Waals surface area contributed by atoms with Crippen LogP contribution in [0.4, 0.5) is 18.9 Å². The predicted molar refractivity (Wildman–Crippen MR) is 75.8 cm³/mol. The minimum absolute atomic E-state index is 0.0750. The molecule has 0 aliphatic heterocycles. The van der Waals surface area contributed by atoms with Crippen molar-refractivity contribution in [3.63, 3.8) is 0 Å². The van der Waals surface area contributed by atoms with Gasteiger partial charge in [-0.3, -0.25) is 4.99 Å². The van der Waals surface area contributed by atoms with Crippen molar-refractivity contribution in [1.82, 2.24) is 0 Å². The summed E-state index contributed by atoms with van der Waals surface area (Å²) in [7, 11) is 0. The lowest BCUT2D eigenvalue weighted by molar-refractivity contribution is -0.135. The largest absolute Gasteiger partial charge is 0.389 e. The van der Waals surface area contributed by atoms with Crippen molar-refractivity contribution in [3.05, 3.63) is 29.8 Å². The number of aliphatic imine (C=N–C) groups is 1. The van der Waals surface area contributed by atoms with Crippen LogP contribution in [-0.2, 0) is 6.42 Å². The second kappa shape index (κ2) is 7.77. The maximum atomic E-state index is 11.9. The van der Waals surface area contributed by atoms with Crippen molar-refractivity contribution in [2.24, 2.45) is 10.7 Å². The molecule has 0 bridgehead atoms. The quantitative estimate of drug-likeness (QED) is 0.476. The molecule has 0 amide bonds. The molecule has 3 N–H and O–H groups in total. The lowest BCUT2D eigenvalue weighted by Crippen LogP contribution is -2.23. The molecule has 6 heteroatoms. The van der Waals surface area contributed by atoms with Gasteiger partial charge in [0.25, 0.3) is 0 Å². The lowest BCUT2D eigenvalue weighted by Gasteiger charge is -2.07. The summed E-state index contributed by atoms with van der Waals surface area (Å²) in [5, 5.41) is 2.93. The number of anilines is 1. The molecule has 0 aromatic heterocycles. The molecular formula is C14H20F3N3. The number of unbranched alkanes of at least 4 members (excludes halogenated alkanes) is 1. The standard InChI is InChI=1S/C14H20F3N3/c1-2-11-6-5-7-12(10-11)20-13(18)19-9-4-3-8-14(15,16)17/h5-7,10H,2-4,8-9H2,1H3,(H3,18,19,20). The zero-order valence-corrected chi connectivity index (χ0v) is 11.5. The second-order valence-electron chi connectivity index (χ2n) is 4.52. The summed E-state index contributed by atoms with van der Waals surface area (Å²) in [6, 6.07) is 7.75. The van der Waals surface area contributed by atoms with Crippen LogP contribution < -0.4 is 11.1 Å². The van der Waals surface area contributed by atoms with E-state index in [4.69, 9.17) is 5.73 Å². The van der Waals surface area contributed by atoms with Gasteiger partial charge in [0, 0.05) is 18.7 Å². The van der Waals surface area contributed by atoms with Gasteiger partial charge in [-0.25, -0.2) is 0 Å². The third kappa shape index (κ3) is 7.01. The van der Waals surface area contributed by atoms with Crippen LogP contribution in [0, 0.1) is 0 Å². The fraction of sp³-hybridized carbons (Fsp3) is 0.500. The third-order valence-corrected chi connectivity index (χ3v) is 2.76. The number of halogens is 3. The molecule has 0 unspecified atom stereocenters. The van der Waals surface area contributed by atoms with E-state index < -0.39 is 12.6 Å². The van der Waals surface area contributed by atoms with Gasteiger partial charge >= 0.3 is 6.18 Å². The number of nitrogens with two attached hydrogens (primary N) is 1. The molecule has 3 nitrogen and oxygen atoms in total. The molecule has 0 aliphatic carbocycles. The summed E-state index contributed by atoms with van der Waals surface area (Å²) in [5.41, 5.74) is 7.69. The highest BCUT2D eigenvalue weighted by Gasteiger charge is 2.25. The first-order valence-corrected chi connectivity index (χ1v) is 6.63. The lowest BCUT2D eigenvalue weighted by atomic mass is 10.1. The number of nitrogens with zero attached hydrogens (tertiary/aromatic N) is 1. The van der Waals surface area contributed by atoms with Gasteiger partial charge in [-0.1, -0.05) is 19.1 Å². The fourth-order valence-corrected chi connectivity index (χ4v) is 1.69. The Kier molecular flexibility index (Phi) is 6.35. The van der Waals surface area contributed by atoms with E-state index in [1.807, 2.05) is 24.3 Å². The Hall–Kier alpha value is -1.72. The molecule has 0 heterocycles. The Morgan fingerprint density at radius 2 is 2.05 bits per heavy atom. The molecule has 1 aromatic rings. The van der Waals surface area contributed by atoms with Crippen molar-refractivity contribution in [1.29, 1.82) is 0 Å². The van der Waals surface area contributed by atoms with Crippen molar-refractivity contribution >= 4 is 11.6 Å². The number of alkyl halides is 3. The molecule has 1 rings (SSSR count). The zero-order chi connectivity index (χ0) is 15.0. The van der Waals surface area contributed by atoms with E-state index in [0.717, 1.165) is 12.1 Å². The Morgan fingerprint density at radius 3 is 2.70 bits per heavy atom. The van der Waals surface area contributed by atoms with Gasteiger partial charge < -0.3 is 11.1 Å². The fourth-order valence-electron chi connectivity index (χ4n) is 1.69. The molecular weight excluding hydrogens is 267 g/mol. The number of hydrogen-bond donors (Lipinski definition) is 2. The van der Waals surface area contributed by atoms with E-state index in [1.165, 1.54) is 5.56 Å².